The van der Waals surface area contributed by atoms with Crippen molar-refractivity contribution in [3.63, 3.8) is 0 Å². The van der Waals surface area contributed by atoms with Gasteiger partial charge in [-0.15, -0.1) is 11.3 Å². The summed E-state index contributed by atoms with van der Waals surface area (Å²) in [6.45, 7) is 2.01. The number of carbonyl (C=O) groups excluding carboxylic acids is 1. The van der Waals surface area contributed by atoms with E-state index in [1.54, 1.807) is 11.3 Å². The minimum atomic E-state index is 0.502. The Labute approximate surface area is 79.0 Å². The van der Waals surface area contributed by atoms with Crippen LogP contribution in [0.3, 0.4) is 0 Å². The number of hydrogen-bond donors (Lipinski definition) is 0. The van der Waals surface area contributed by atoms with E-state index < -0.39 is 0 Å². The van der Waals surface area contributed by atoms with Crippen molar-refractivity contribution in [2.45, 2.75) is 6.92 Å². The highest BCUT2D eigenvalue weighted by atomic mass is 32.1. The minimum absolute atomic E-state index is 0.502. The van der Waals surface area contributed by atoms with Crippen molar-refractivity contribution in [1.29, 1.82) is 0 Å². The fourth-order valence-electron chi connectivity index (χ4n) is 1.07. The van der Waals surface area contributed by atoms with Crippen LogP contribution in [0.15, 0.2) is 22.9 Å². The second-order valence-corrected chi connectivity index (χ2v) is 3.93. The van der Waals surface area contributed by atoms with E-state index in [0.29, 0.717) is 11.3 Å². The van der Waals surface area contributed by atoms with Crippen molar-refractivity contribution in [1.82, 2.24) is 5.16 Å². The van der Waals surface area contributed by atoms with Crippen LogP contribution in [0.25, 0.3) is 10.6 Å². The van der Waals surface area contributed by atoms with Gasteiger partial charge in [0.2, 0.25) is 0 Å². The van der Waals surface area contributed by atoms with E-state index >= 15 is 0 Å². The zero-order valence-electron chi connectivity index (χ0n) is 6.98. The standard InChI is InChI=1S/C9H7NO2S/c1-6-2-3-8(13-6)9-7(5-11)4-10-12-9/h2-5H,1H3. The molecule has 0 saturated heterocycles. The molecule has 2 aromatic rings. The molecule has 66 valence electrons. The van der Waals surface area contributed by atoms with Crippen LogP contribution in [0, 0.1) is 6.92 Å². The SMILES string of the molecule is Cc1ccc(-c2oncc2C=O)s1. The van der Waals surface area contributed by atoms with Gasteiger partial charge < -0.3 is 4.52 Å². The molecule has 0 spiro atoms. The van der Waals surface area contributed by atoms with Gasteiger partial charge in [-0.25, -0.2) is 0 Å². The molecular formula is C9H7NO2S. The number of nitrogens with zero attached hydrogens (tertiary/aromatic N) is 1. The van der Waals surface area contributed by atoms with Crippen molar-refractivity contribution in [2.24, 2.45) is 0 Å². The van der Waals surface area contributed by atoms with E-state index in [1.807, 2.05) is 19.1 Å². The fraction of sp³-hybridized carbons (Fsp3) is 0.111. The second kappa shape index (κ2) is 3.14. The first kappa shape index (κ1) is 8.19. The first-order valence-electron chi connectivity index (χ1n) is 3.78. The monoisotopic (exact) mass is 193 g/mol. The van der Waals surface area contributed by atoms with Crippen LogP contribution in [0.1, 0.15) is 15.2 Å². The van der Waals surface area contributed by atoms with Crippen molar-refractivity contribution in [3.8, 4) is 10.6 Å². The second-order valence-electron chi connectivity index (χ2n) is 2.64. The van der Waals surface area contributed by atoms with Gasteiger partial charge in [-0.05, 0) is 19.1 Å². The van der Waals surface area contributed by atoms with Crippen molar-refractivity contribution in [2.75, 3.05) is 0 Å². The van der Waals surface area contributed by atoms with Crippen LogP contribution in [0.5, 0.6) is 0 Å². The van der Waals surface area contributed by atoms with Gasteiger partial charge >= 0.3 is 0 Å². The molecule has 0 aliphatic carbocycles. The average molecular weight is 193 g/mol. The lowest BCUT2D eigenvalue weighted by atomic mass is 10.2. The summed E-state index contributed by atoms with van der Waals surface area (Å²) in [5.74, 6) is 0.563. The van der Waals surface area contributed by atoms with E-state index in [-0.39, 0.29) is 0 Å². The van der Waals surface area contributed by atoms with Crippen LogP contribution in [0.2, 0.25) is 0 Å². The number of carbonyl (C=O) groups is 1. The number of aldehydes is 1. The molecule has 0 aliphatic rings. The van der Waals surface area contributed by atoms with Gasteiger partial charge in [0.15, 0.2) is 12.0 Å². The molecule has 0 fully saturated rings. The first-order valence-corrected chi connectivity index (χ1v) is 4.59. The van der Waals surface area contributed by atoms with Crippen LogP contribution in [-0.4, -0.2) is 11.4 Å². The molecule has 0 bridgehead atoms. The van der Waals surface area contributed by atoms with Gasteiger partial charge in [-0.3, -0.25) is 4.79 Å². The summed E-state index contributed by atoms with van der Waals surface area (Å²) in [7, 11) is 0. The Morgan fingerprint density at radius 2 is 2.38 bits per heavy atom. The lowest BCUT2D eigenvalue weighted by Crippen LogP contribution is -1.76. The van der Waals surface area contributed by atoms with E-state index in [2.05, 4.69) is 5.16 Å². The molecule has 2 rings (SSSR count). The third-order valence-electron chi connectivity index (χ3n) is 1.69. The zero-order valence-corrected chi connectivity index (χ0v) is 7.80. The van der Waals surface area contributed by atoms with E-state index in [4.69, 9.17) is 4.52 Å². The smallest absolute Gasteiger partial charge is 0.187 e. The predicted octanol–water partition coefficient (Wildman–Crippen LogP) is 2.52. The normalized spacial score (nSPS) is 10.2. The largest absolute Gasteiger partial charge is 0.355 e. The molecule has 4 heteroatoms. The number of aromatic nitrogens is 1. The Morgan fingerprint density at radius 1 is 1.54 bits per heavy atom. The number of aryl methyl sites for hydroxylation is 1. The van der Waals surface area contributed by atoms with Crippen LogP contribution >= 0.6 is 11.3 Å². The van der Waals surface area contributed by atoms with Gasteiger partial charge in [0.1, 0.15) is 0 Å². The lowest BCUT2D eigenvalue weighted by Gasteiger charge is -1.88. The summed E-state index contributed by atoms with van der Waals surface area (Å²) < 4.78 is 4.98. The maximum Gasteiger partial charge on any atom is 0.187 e. The molecule has 0 aromatic carbocycles. The minimum Gasteiger partial charge on any atom is -0.355 e. The van der Waals surface area contributed by atoms with Gasteiger partial charge in [0.05, 0.1) is 16.6 Å². The highest BCUT2D eigenvalue weighted by Crippen LogP contribution is 2.29. The zero-order chi connectivity index (χ0) is 9.26. The van der Waals surface area contributed by atoms with Gasteiger partial charge in [-0.2, -0.15) is 0 Å². The molecule has 13 heavy (non-hydrogen) atoms. The summed E-state index contributed by atoms with van der Waals surface area (Å²) in [5.41, 5.74) is 0.502. The molecule has 0 aliphatic heterocycles. The van der Waals surface area contributed by atoms with Gasteiger partial charge in [0, 0.05) is 4.88 Å². The molecule has 0 radical (unpaired) electrons. The van der Waals surface area contributed by atoms with Crippen LogP contribution in [-0.2, 0) is 0 Å². The van der Waals surface area contributed by atoms with Crippen LogP contribution in [0.4, 0.5) is 0 Å². The quantitative estimate of drug-likeness (QED) is 0.688. The van der Waals surface area contributed by atoms with Crippen molar-refractivity contribution in [3.05, 3.63) is 28.8 Å². The van der Waals surface area contributed by atoms with E-state index in [9.17, 15) is 4.79 Å². The Morgan fingerprint density at radius 3 is 3.00 bits per heavy atom. The Hall–Kier alpha value is -1.42. The van der Waals surface area contributed by atoms with Gasteiger partial charge in [0.25, 0.3) is 0 Å². The van der Waals surface area contributed by atoms with E-state index in [0.717, 1.165) is 11.2 Å². The Bertz CT molecular complexity index is 430. The molecule has 2 heterocycles. The molecule has 0 unspecified atom stereocenters. The highest BCUT2D eigenvalue weighted by Gasteiger charge is 2.11. The van der Waals surface area contributed by atoms with E-state index in [1.165, 1.54) is 11.1 Å². The Balaban J connectivity index is 2.51. The first-order chi connectivity index (χ1) is 6.31. The molecule has 0 amide bonds. The summed E-state index contributed by atoms with van der Waals surface area (Å²) >= 11 is 1.58. The summed E-state index contributed by atoms with van der Waals surface area (Å²) in [6.07, 6.45) is 2.18. The van der Waals surface area contributed by atoms with Gasteiger partial charge in [-0.1, -0.05) is 5.16 Å². The fourth-order valence-corrected chi connectivity index (χ4v) is 1.94. The maximum absolute atomic E-state index is 10.6. The highest BCUT2D eigenvalue weighted by molar-refractivity contribution is 7.15. The number of rotatable bonds is 2. The topological polar surface area (TPSA) is 43.1 Å². The predicted molar refractivity (Wildman–Crippen MR) is 49.9 cm³/mol. The third kappa shape index (κ3) is 1.40. The molecule has 3 nitrogen and oxygen atoms in total. The Kier molecular flexibility index (Phi) is 1.98. The molecule has 0 saturated carbocycles. The summed E-state index contributed by atoms with van der Waals surface area (Å²) in [6, 6.07) is 3.91. The molecular weight excluding hydrogens is 186 g/mol. The lowest BCUT2D eigenvalue weighted by molar-refractivity contribution is 0.112. The summed E-state index contributed by atoms with van der Waals surface area (Å²) in [5, 5.41) is 3.58. The molecule has 0 atom stereocenters. The molecule has 2 aromatic heterocycles. The average Bonchev–Trinajstić information content (AvgIpc) is 2.71. The van der Waals surface area contributed by atoms with Crippen molar-refractivity contribution < 1.29 is 9.32 Å². The number of thiophene rings is 1. The maximum atomic E-state index is 10.6. The molecule has 0 N–H and O–H groups in total. The van der Waals surface area contributed by atoms with Crippen molar-refractivity contribution >= 4 is 17.6 Å². The number of hydrogen-bond acceptors (Lipinski definition) is 4. The van der Waals surface area contributed by atoms with Crippen LogP contribution < -0.4 is 0 Å². The third-order valence-corrected chi connectivity index (χ3v) is 2.69. The summed E-state index contributed by atoms with van der Waals surface area (Å²) in [4.78, 5) is 12.7.